The van der Waals surface area contributed by atoms with Crippen molar-refractivity contribution in [3.05, 3.63) is 35.9 Å². The molecule has 0 spiro atoms. The Labute approximate surface area is 110 Å². The lowest BCUT2D eigenvalue weighted by molar-refractivity contribution is 0.0922. The van der Waals surface area contributed by atoms with E-state index in [1.165, 1.54) is 25.7 Å². The lowest BCUT2D eigenvalue weighted by Gasteiger charge is -2.28. The fourth-order valence-corrected chi connectivity index (χ4v) is 2.84. The molecule has 0 radical (unpaired) electrons. The van der Waals surface area contributed by atoms with E-state index in [4.69, 9.17) is 0 Å². The maximum Gasteiger partial charge on any atom is 0.164 e. The number of carbonyl (C=O) groups is 1. The number of ketones is 1. The molecule has 1 fully saturated rings. The standard InChI is InChI=1S/C16H23NO/c1-2-17-12-8-4-7-11-15(17)13-16(18)14-9-5-3-6-10-14/h3,5-6,9-10,15H,2,4,7-8,11-13H2,1H3/t15-/m1/s1. The second-order valence-corrected chi connectivity index (χ2v) is 5.13. The molecule has 1 heterocycles. The van der Waals surface area contributed by atoms with Crippen molar-refractivity contribution < 1.29 is 4.79 Å². The molecule has 18 heavy (non-hydrogen) atoms. The molecule has 0 N–H and O–H groups in total. The van der Waals surface area contributed by atoms with Crippen molar-refractivity contribution in [2.24, 2.45) is 0 Å². The smallest absolute Gasteiger partial charge is 0.164 e. The Morgan fingerprint density at radius 2 is 2.00 bits per heavy atom. The Kier molecular flexibility index (Phi) is 4.94. The minimum absolute atomic E-state index is 0.293. The summed E-state index contributed by atoms with van der Waals surface area (Å²) in [5.74, 6) is 0.293. The molecule has 1 aromatic carbocycles. The van der Waals surface area contributed by atoms with Crippen LogP contribution >= 0.6 is 0 Å². The van der Waals surface area contributed by atoms with Crippen LogP contribution < -0.4 is 0 Å². The molecule has 1 saturated heterocycles. The molecule has 0 aliphatic carbocycles. The van der Waals surface area contributed by atoms with Crippen molar-refractivity contribution in [3.63, 3.8) is 0 Å². The van der Waals surface area contributed by atoms with Crippen LogP contribution in [0.2, 0.25) is 0 Å². The van der Waals surface area contributed by atoms with Gasteiger partial charge in [-0.3, -0.25) is 4.79 Å². The molecule has 98 valence electrons. The highest BCUT2D eigenvalue weighted by Gasteiger charge is 2.22. The largest absolute Gasteiger partial charge is 0.300 e. The van der Waals surface area contributed by atoms with E-state index in [-0.39, 0.29) is 0 Å². The Bertz CT molecular complexity index is 374. The zero-order chi connectivity index (χ0) is 12.8. The molecular formula is C16H23NO. The second-order valence-electron chi connectivity index (χ2n) is 5.13. The van der Waals surface area contributed by atoms with Crippen LogP contribution in [0.3, 0.4) is 0 Å². The monoisotopic (exact) mass is 245 g/mol. The van der Waals surface area contributed by atoms with Crippen molar-refractivity contribution in [2.45, 2.75) is 45.1 Å². The number of rotatable bonds is 4. The first-order valence-electron chi connectivity index (χ1n) is 7.13. The molecular weight excluding hydrogens is 222 g/mol. The SMILES string of the molecule is CCN1CCCCC[C@@H]1CC(=O)c1ccccc1. The summed E-state index contributed by atoms with van der Waals surface area (Å²) in [6.07, 6.45) is 5.71. The summed E-state index contributed by atoms with van der Waals surface area (Å²) in [7, 11) is 0. The average Bonchev–Trinajstić information content (AvgIpc) is 2.64. The number of hydrogen-bond donors (Lipinski definition) is 0. The molecule has 1 aromatic rings. The fraction of sp³-hybridized carbons (Fsp3) is 0.562. The zero-order valence-corrected chi connectivity index (χ0v) is 11.3. The van der Waals surface area contributed by atoms with Gasteiger partial charge in [0.1, 0.15) is 0 Å². The Morgan fingerprint density at radius 3 is 2.72 bits per heavy atom. The third-order valence-corrected chi connectivity index (χ3v) is 3.92. The highest BCUT2D eigenvalue weighted by Crippen LogP contribution is 2.20. The topological polar surface area (TPSA) is 20.3 Å². The Balaban J connectivity index is 2.00. The van der Waals surface area contributed by atoms with E-state index in [0.29, 0.717) is 18.2 Å². The van der Waals surface area contributed by atoms with Crippen LogP contribution in [0.4, 0.5) is 0 Å². The quantitative estimate of drug-likeness (QED) is 0.756. The number of carbonyl (C=O) groups excluding carboxylic acids is 1. The van der Waals surface area contributed by atoms with Crippen molar-refractivity contribution in [2.75, 3.05) is 13.1 Å². The average molecular weight is 245 g/mol. The molecule has 2 nitrogen and oxygen atoms in total. The highest BCUT2D eigenvalue weighted by atomic mass is 16.1. The molecule has 0 saturated carbocycles. The predicted molar refractivity (Wildman–Crippen MR) is 74.9 cm³/mol. The summed E-state index contributed by atoms with van der Waals surface area (Å²) in [4.78, 5) is 14.7. The molecule has 0 bridgehead atoms. The van der Waals surface area contributed by atoms with Crippen LogP contribution in [0.25, 0.3) is 0 Å². The van der Waals surface area contributed by atoms with Crippen molar-refractivity contribution in [3.8, 4) is 0 Å². The first-order valence-corrected chi connectivity index (χ1v) is 7.13. The summed E-state index contributed by atoms with van der Waals surface area (Å²) in [5, 5.41) is 0. The summed E-state index contributed by atoms with van der Waals surface area (Å²) in [6, 6.07) is 10.1. The number of hydrogen-bond acceptors (Lipinski definition) is 2. The van der Waals surface area contributed by atoms with Gasteiger partial charge in [0, 0.05) is 18.0 Å². The van der Waals surface area contributed by atoms with Gasteiger partial charge in [-0.05, 0) is 25.9 Å². The fourth-order valence-electron chi connectivity index (χ4n) is 2.84. The predicted octanol–water partition coefficient (Wildman–Crippen LogP) is 3.52. The summed E-state index contributed by atoms with van der Waals surface area (Å²) < 4.78 is 0. The maximum atomic E-state index is 12.3. The van der Waals surface area contributed by atoms with Crippen LogP contribution in [0.5, 0.6) is 0 Å². The van der Waals surface area contributed by atoms with Gasteiger partial charge in [0.25, 0.3) is 0 Å². The first kappa shape index (κ1) is 13.3. The van der Waals surface area contributed by atoms with Crippen LogP contribution in [0, 0.1) is 0 Å². The summed E-state index contributed by atoms with van der Waals surface area (Å²) >= 11 is 0. The van der Waals surface area contributed by atoms with Gasteiger partial charge in [-0.25, -0.2) is 0 Å². The van der Waals surface area contributed by atoms with E-state index in [2.05, 4.69) is 11.8 Å². The van der Waals surface area contributed by atoms with Gasteiger partial charge in [0.2, 0.25) is 0 Å². The van der Waals surface area contributed by atoms with Gasteiger partial charge in [-0.15, -0.1) is 0 Å². The molecule has 2 heteroatoms. The van der Waals surface area contributed by atoms with Gasteiger partial charge >= 0.3 is 0 Å². The number of Topliss-reactive ketones (excluding diaryl/α,β-unsaturated/α-hetero) is 1. The number of likely N-dealkylation sites (tertiary alicyclic amines) is 1. The Hall–Kier alpha value is -1.15. The molecule has 0 unspecified atom stereocenters. The third-order valence-electron chi connectivity index (χ3n) is 3.92. The van der Waals surface area contributed by atoms with E-state index in [9.17, 15) is 4.79 Å². The zero-order valence-electron chi connectivity index (χ0n) is 11.3. The van der Waals surface area contributed by atoms with Gasteiger partial charge in [0.05, 0.1) is 0 Å². The minimum Gasteiger partial charge on any atom is -0.300 e. The van der Waals surface area contributed by atoms with E-state index >= 15 is 0 Å². The van der Waals surface area contributed by atoms with Crippen LogP contribution in [0.15, 0.2) is 30.3 Å². The molecule has 1 aliphatic heterocycles. The first-order chi connectivity index (χ1) is 8.81. The van der Waals surface area contributed by atoms with Crippen molar-refractivity contribution >= 4 is 5.78 Å². The normalized spacial score (nSPS) is 21.5. The highest BCUT2D eigenvalue weighted by molar-refractivity contribution is 5.96. The van der Waals surface area contributed by atoms with E-state index < -0.39 is 0 Å². The van der Waals surface area contributed by atoms with Gasteiger partial charge in [-0.2, -0.15) is 0 Å². The van der Waals surface area contributed by atoms with Crippen molar-refractivity contribution in [1.29, 1.82) is 0 Å². The van der Waals surface area contributed by atoms with Gasteiger partial charge in [-0.1, -0.05) is 50.1 Å². The number of benzene rings is 1. The van der Waals surface area contributed by atoms with Gasteiger partial charge < -0.3 is 4.90 Å². The Morgan fingerprint density at radius 1 is 1.22 bits per heavy atom. The molecule has 0 aromatic heterocycles. The lowest BCUT2D eigenvalue weighted by atomic mass is 9.99. The summed E-state index contributed by atoms with van der Waals surface area (Å²) in [6.45, 7) is 4.42. The van der Waals surface area contributed by atoms with E-state index in [1.807, 2.05) is 30.3 Å². The van der Waals surface area contributed by atoms with Crippen molar-refractivity contribution in [1.82, 2.24) is 4.90 Å². The molecule has 1 atom stereocenters. The van der Waals surface area contributed by atoms with Crippen LogP contribution in [-0.4, -0.2) is 29.8 Å². The summed E-state index contributed by atoms with van der Waals surface area (Å²) in [5.41, 5.74) is 0.859. The molecule has 1 aliphatic rings. The molecule has 2 rings (SSSR count). The third kappa shape index (κ3) is 3.42. The van der Waals surface area contributed by atoms with E-state index in [0.717, 1.165) is 18.7 Å². The lowest BCUT2D eigenvalue weighted by Crippen LogP contribution is -2.36. The second kappa shape index (κ2) is 6.69. The maximum absolute atomic E-state index is 12.3. The van der Waals surface area contributed by atoms with Crippen LogP contribution in [-0.2, 0) is 0 Å². The van der Waals surface area contributed by atoms with Crippen LogP contribution in [0.1, 0.15) is 49.4 Å². The molecule has 0 amide bonds. The van der Waals surface area contributed by atoms with Gasteiger partial charge in [0.15, 0.2) is 5.78 Å². The van der Waals surface area contributed by atoms with E-state index in [1.54, 1.807) is 0 Å². The number of nitrogens with zero attached hydrogens (tertiary/aromatic N) is 1. The minimum atomic E-state index is 0.293.